The number of nitrogens with zero attached hydrogens (tertiary/aromatic N) is 8. The average Bonchev–Trinajstić information content (AvgIpc) is 3.08. The van der Waals surface area contributed by atoms with Crippen molar-refractivity contribution < 1.29 is 9.47 Å². The first-order chi connectivity index (χ1) is 22.0. The Bertz CT molecular complexity index is 1260. The number of aromatic nitrogens is 2. The smallest absolute Gasteiger partial charge is 0.170 e. The minimum absolute atomic E-state index is 0.641. The van der Waals surface area contributed by atoms with E-state index in [1.54, 1.807) is 0 Å². The second kappa shape index (κ2) is 19.1. The zero-order chi connectivity index (χ0) is 31.7. The molecule has 0 bridgehead atoms. The molecule has 3 aromatic rings. The van der Waals surface area contributed by atoms with Gasteiger partial charge in [0.15, 0.2) is 23.1 Å². The fourth-order valence-electron chi connectivity index (χ4n) is 4.86. The van der Waals surface area contributed by atoms with E-state index in [1.807, 2.05) is 67.7 Å². The van der Waals surface area contributed by atoms with Gasteiger partial charge in [0.05, 0.1) is 32.1 Å². The van der Waals surface area contributed by atoms with Gasteiger partial charge in [-0.25, -0.2) is 9.97 Å². The van der Waals surface area contributed by atoms with E-state index in [9.17, 15) is 0 Å². The number of ether oxygens (including phenoxy) is 2. The van der Waals surface area contributed by atoms with Crippen LogP contribution in [0.3, 0.4) is 0 Å². The number of benzene rings is 2. The van der Waals surface area contributed by atoms with Crippen LogP contribution in [-0.2, 0) is 9.47 Å². The first kappa shape index (κ1) is 34.4. The van der Waals surface area contributed by atoms with Crippen LogP contribution in [0.5, 0.6) is 0 Å². The van der Waals surface area contributed by atoms with Gasteiger partial charge in [0.2, 0.25) is 0 Å². The molecular weight excluding hydrogens is 568 g/mol. The second-order valence-corrected chi connectivity index (χ2v) is 11.3. The van der Waals surface area contributed by atoms with Gasteiger partial charge in [-0.1, -0.05) is 48.5 Å². The van der Waals surface area contributed by atoms with Crippen LogP contribution >= 0.6 is 0 Å². The highest BCUT2D eigenvalue weighted by Crippen LogP contribution is 2.36. The molecule has 5 rings (SSSR count). The number of likely N-dealkylation sites (N-methyl/N-ethyl adjacent to an activating group) is 2. The fourth-order valence-corrected chi connectivity index (χ4v) is 4.86. The highest BCUT2D eigenvalue weighted by atomic mass is 16.5. The molecule has 45 heavy (non-hydrogen) atoms. The van der Waals surface area contributed by atoms with Crippen LogP contribution in [0, 0.1) is 0 Å². The first-order valence-corrected chi connectivity index (χ1v) is 15.9. The minimum atomic E-state index is 0.641. The van der Waals surface area contributed by atoms with E-state index in [1.165, 1.54) is 0 Å². The summed E-state index contributed by atoms with van der Waals surface area (Å²) in [6.45, 7) is 12.4. The molecule has 0 atom stereocenters. The van der Waals surface area contributed by atoms with E-state index in [0.717, 1.165) is 109 Å². The molecule has 12 heteroatoms. The van der Waals surface area contributed by atoms with Gasteiger partial charge in [0.25, 0.3) is 0 Å². The Hall–Kier alpha value is -3.52. The Morgan fingerprint density at radius 3 is 1.98 bits per heavy atom. The normalized spacial score (nSPS) is 16.0. The molecule has 2 aliphatic rings. The van der Waals surface area contributed by atoms with Crippen molar-refractivity contribution in [2.24, 2.45) is 16.0 Å². The van der Waals surface area contributed by atoms with Crippen molar-refractivity contribution in [3.63, 3.8) is 0 Å². The van der Waals surface area contributed by atoms with Crippen LogP contribution in [0.2, 0.25) is 0 Å². The summed E-state index contributed by atoms with van der Waals surface area (Å²) in [5.41, 5.74) is 7.76. The van der Waals surface area contributed by atoms with Crippen LogP contribution in [0.25, 0.3) is 11.4 Å². The average molecular weight is 619 g/mol. The quantitative estimate of drug-likeness (QED) is 0.275. The number of nitrogens with one attached hydrogen (secondary N) is 1. The van der Waals surface area contributed by atoms with Crippen molar-refractivity contribution in [3.8, 4) is 11.4 Å². The second-order valence-electron chi connectivity index (χ2n) is 11.3. The third-order valence-electron chi connectivity index (χ3n) is 7.54. The highest BCUT2D eigenvalue weighted by molar-refractivity contribution is 5.77. The third kappa shape index (κ3) is 11.7. The van der Waals surface area contributed by atoms with Crippen molar-refractivity contribution in [2.45, 2.75) is 0 Å². The SMILES string of the molecule is CN(C)CCN(C)c1nc(-c2ccccc2)nc(NCCN2CCOCC2)c1N=Nc1ccccc1.NCCN1CCOCC1. The van der Waals surface area contributed by atoms with Gasteiger partial charge >= 0.3 is 0 Å². The molecule has 2 aromatic carbocycles. The van der Waals surface area contributed by atoms with Crippen LogP contribution in [0.1, 0.15) is 0 Å². The number of hydrogen-bond acceptors (Lipinski definition) is 12. The molecule has 2 saturated heterocycles. The van der Waals surface area contributed by atoms with E-state index in [2.05, 4.69) is 49.2 Å². The lowest BCUT2D eigenvalue weighted by atomic mass is 10.2. The van der Waals surface area contributed by atoms with Gasteiger partial charge in [-0.15, -0.1) is 5.11 Å². The Labute approximate surface area is 268 Å². The van der Waals surface area contributed by atoms with E-state index in [4.69, 9.17) is 25.2 Å². The molecule has 244 valence electrons. The summed E-state index contributed by atoms with van der Waals surface area (Å²) < 4.78 is 10.6. The monoisotopic (exact) mass is 618 g/mol. The third-order valence-corrected chi connectivity index (χ3v) is 7.54. The maximum absolute atomic E-state index is 5.48. The summed E-state index contributed by atoms with van der Waals surface area (Å²) in [7, 11) is 6.18. The van der Waals surface area contributed by atoms with Crippen LogP contribution in [0.4, 0.5) is 23.0 Å². The topological polar surface area (TPSA) is 120 Å². The number of nitrogens with two attached hydrogens (primary N) is 1. The maximum atomic E-state index is 5.48. The summed E-state index contributed by atoms with van der Waals surface area (Å²) >= 11 is 0. The van der Waals surface area contributed by atoms with Gasteiger partial charge in [-0.2, -0.15) is 5.11 Å². The Balaban J connectivity index is 0.000000440. The van der Waals surface area contributed by atoms with Gasteiger partial charge in [-0.05, 0) is 26.2 Å². The van der Waals surface area contributed by atoms with Crippen molar-refractivity contribution in [2.75, 3.05) is 123 Å². The summed E-state index contributed by atoms with van der Waals surface area (Å²) in [6.07, 6.45) is 0. The zero-order valence-corrected chi connectivity index (χ0v) is 27.1. The van der Waals surface area contributed by atoms with Crippen molar-refractivity contribution in [3.05, 3.63) is 60.7 Å². The molecule has 0 radical (unpaired) electrons. The predicted octanol–water partition coefficient (Wildman–Crippen LogP) is 3.58. The molecule has 0 aliphatic carbocycles. The van der Waals surface area contributed by atoms with E-state index < -0.39 is 0 Å². The number of morpholine rings is 2. The van der Waals surface area contributed by atoms with Crippen molar-refractivity contribution in [1.29, 1.82) is 0 Å². The number of azo groups is 1. The van der Waals surface area contributed by atoms with Crippen molar-refractivity contribution >= 4 is 23.0 Å². The lowest BCUT2D eigenvalue weighted by Gasteiger charge is -2.27. The Kier molecular flexibility index (Phi) is 14.6. The molecule has 3 N–H and O–H groups in total. The molecule has 2 fully saturated rings. The maximum Gasteiger partial charge on any atom is 0.170 e. The number of hydrogen-bond donors (Lipinski definition) is 2. The molecule has 0 unspecified atom stereocenters. The molecule has 0 spiro atoms. The van der Waals surface area contributed by atoms with Crippen molar-refractivity contribution in [1.82, 2.24) is 24.7 Å². The molecule has 3 heterocycles. The molecule has 12 nitrogen and oxygen atoms in total. The number of rotatable bonds is 13. The molecule has 1 aromatic heterocycles. The van der Waals surface area contributed by atoms with Gasteiger partial charge < -0.3 is 30.3 Å². The van der Waals surface area contributed by atoms with Crippen LogP contribution in [0.15, 0.2) is 70.9 Å². The zero-order valence-electron chi connectivity index (χ0n) is 27.1. The van der Waals surface area contributed by atoms with Crippen LogP contribution in [-0.4, -0.2) is 138 Å². The summed E-state index contributed by atoms with van der Waals surface area (Å²) in [6, 6.07) is 19.8. The van der Waals surface area contributed by atoms with E-state index >= 15 is 0 Å². The molecule has 0 amide bonds. The molecule has 2 aliphatic heterocycles. The molecule has 0 saturated carbocycles. The van der Waals surface area contributed by atoms with E-state index in [-0.39, 0.29) is 0 Å². The van der Waals surface area contributed by atoms with E-state index in [0.29, 0.717) is 17.3 Å². The predicted molar refractivity (Wildman–Crippen MR) is 182 cm³/mol. The van der Waals surface area contributed by atoms with Gasteiger partial charge in [0, 0.05) is 78.1 Å². The lowest BCUT2D eigenvalue weighted by molar-refractivity contribution is 0.0394. The summed E-state index contributed by atoms with van der Waals surface area (Å²) in [5, 5.41) is 12.7. The highest BCUT2D eigenvalue weighted by Gasteiger charge is 2.20. The first-order valence-electron chi connectivity index (χ1n) is 15.9. The van der Waals surface area contributed by atoms with Crippen LogP contribution < -0.4 is 16.0 Å². The van der Waals surface area contributed by atoms with Gasteiger partial charge in [0.1, 0.15) is 0 Å². The number of anilines is 2. The summed E-state index contributed by atoms with van der Waals surface area (Å²) in [5.74, 6) is 2.09. The Morgan fingerprint density at radius 1 is 0.778 bits per heavy atom. The minimum Gasteiger partial charge on any atom is -0.379 e. The largest absolute Gasteiger partial charge is 0.379 e. The molecular formula is C33H50N10O2. The lowest BCUT2D eigenvalue weighted by Crippen LogP contribution is -2.39. The Morgan fingerprint density at radius 2 is 1.38 bits per heavy atom. The fraction of sp³-hybridized carbons (Fsp3) is 0.515. The standard InChI is InChI=1S/C27H36N8O.C6H14N2O/c1-33(2)16-17-34(3)27-24(32-31-23-12-8-5-9-13-23)26(28-14-15-35-18-20-36-21-19-35)29-25(30-27)22-10-6-4-7-11-22;7-1-2-8-3-5-9-6-4-8/h4-13H,14-21H2,1-3H3,(H,28,29,30);1-7H2. The summed E-state index contributed by atoms with van der Waals surface area (Å²) in [4.78, 5) is 18.9. The van der Waals surface area contributed by atoms with Gasteiger partial charge in [-0.3, -0.25) is 9.80 Å².